The van der Waals surface area contributed by atoms with Crippen molar-refractivity contribution in [2.45, 2.75) is 33.6 Å². The number of aryl methyl sites for hydroxylation is 1. The van der Waals surface area contributed by atoms with Crippen molar-refractivity contribution in [3.8, 4) is 0 Å². The molecule has 1 rings (SSSR count). The van der Waals surface area contributed by atoms with Gasteiger partial charge < -0.3 is 5.32 Å². The molecular formula is C13H20FN. The third kappa shape index (κ3) is 3.90. The van der Waals surface area contributed by atoms with E-state index in [1.807, 2.05) is 13.0 Å². The molecule has 0 spiro atoms. The first-order chi connectivity index (χ1) is 7.13. The Hall–Kier alpha value is -1.05. The lowest BCUT2D eigenvalue weighted by atomic mass is 10.1. The lowest BCUT2D eigenvalue weighted by molar-refractivity contribution is 0.550. The van der Waals surface area contributed by atoms with E-state index in [1.165, 1.54) is 18.9 Å². The van der Waals surface area contributed by atoms with Gasteiger partial charge in [-0.25, -0.2) is 4.39 Å². The predicted molar refractivity (Wildman–Crippen MR) is 63.7 cm³/mol. The highest BCUT2D eigenvalue weighted by molar-refractivity contribution is 5.50. The van der Waals surface area contributed by atoms with E-state index in [4.69, 9.17) is 0 Å². The maximum Gasteiger partial charge on any atom is 0.125 e. The summed E-state index contributed by atoms with van der Waals surface area (Å²) in [4.78, 5) is 0. The number of benzene rings is 1. The van der Waals surface area contributed by atoms with Gasteiger partial charge in [-0.05, 0) is 37.0 Å². The Morgan fingerprint density at radius 2 is 2.13 bits per heavy atom. The van der Waals surface area contributed by atoms with Crippen LogP contribution in [0.2, 0.25) is 0 Å². The van der Waals surface area contributed by atoms with Gasteiger partial charge in [-0.15, -0.1) is 0 Å². The predicted octanol–water partition coefficient (Wildman–Crippen LogP) is 3.98. The molecule has 0 aliphatic carbocycles. The highest BCUT2D eigenvalue weighted by Crippen LogP contribution is 2.17. The quantitative estimate of drug-likeness (QED) is 0.773. The van der Waals surface area contributed by atoms with Crippen LogP contribution < -0.4 is 5.32 Å². The fourth-order valence-corrected chi connectivity index (χ4v) is 1.66. The van der Waals surface area contributed by atoms with Crippen molar-refractivity contribution in [3.63, 3.8) is 0 Å². The van der Waals surface area contributed by atoms with Crippen LogP contribution >= 0.6 is 0 Å². The van der Waals surface area contributed by atoms with Crippen LogP contribution in [0.1, 0.15) is 32.3 Å². The molecule has 2 heteroatoms. The molecule has 0 saturated heterocycles. The number of hydrogen-bond donors (Lipinski definition) is 1. The fraction of sp³-hybridized carbons (Fsp3) is 0.538. The SMILES string of the molecule is CCCC(C)CNc1cc(F)ccc1C. The standard InChI is InChI=1S/C13H20FN/c1-4-5-10(2)9-15-13-8-12(14)7-6-11(13)3/h6-8,10,15H,4-5,9H2,1-3H3. The molecule has 1 N–H and O–H groups in total. The summed E-state index contributed by atoms with van der Waals surface area (Å²) in [6.07, 6.45) is 2.41. The second-order valence-corrected chi connectivity index (χ2v) is 4.23. The summed E-state index contributed by atoms with van der Waals surface area (Å²) < 4.78 is 13.0. The number of halogens is 1. The Morgan fingerprint density at radius 1 is 1.40 bits per heavy atom. The average Bonchev–Trinajstić information content (AvgIpc) is 2.20. The zero-order valence-corrected chi connectivity index (χ0v) is 9.81. The minimum atomic E-state index is -0.175. The Morgan fingerprint density at radius 3 is 2.80 bits per heavy atom. The van der Waals surface area contributed by atoms with Crippen LogP contribution in [0, 0.1) is 18.7 Å². The summed E-state index contributed by atoms with van der Waals surface area (Å²) >= 11 is 0. The smallest absolute Gasteiger partial charge is 0.125 e. The molecule has 0 aliphatic heterocycles. The Kier molecular flexibility index (Phi) is 4.60. The van der Waals surface area contributed by atoms with Crippen molar-refractivity contribution in [1.82, 2.24) is 0 Å². The summed E-state index contributed by atoms with van der Waals surface area (Å²) in [5.74, 6) is 0.462. The molecule has 0 aliphatic rings. The third-order valence-electron chi connectivity index (χ3n) is 2.62. The first kappa shape index (κ1) is 12.0. The molecule has 0 fully saturated rings. The molecule has 0 radical (unpaired) electrons. The molecule has 0 saturated carbocycles. The Balaban J connectivity index is 2.53. The fourth-order valence-electron chi connectivity index (χ4n) is 1.66. The second kappa shape index (κ2) is 5.74. The van der Waals surface area contributed by atoms with Gasteiger partial charge in [0, 0.05) is 12.2 Å². The van der Waals surface area contributed by atoms with Crippen molar-refractivity contribution in [3.05, 3.63) is 29.6 Å². The highest BCUT2D eigenvalue weighted by atomic mass is 19.1. The monoisotopic (exact) mass is 209 g/mol. The molecule has 1 unspecified atom stereocenters. The molecule has 84 valence electrons. The van der Waals surface area contributed by atoms with Gasteiger partial charge in [-0.1, -0.05) is 26.3 Å². The average molecular weight is 209 g/mol. The Labute approximate surface area is 91.7 Å². The molecule has 1 aromatic carbocycles. The van der Waals surface area contributed by atoms with Crippen LogP contribution in [0.25, 0.3) is 0 Å². The van der Waals surface area contributed by atoms with Gasteiger partial charge in [-0.2, -0.15) is 0 Å². The van der Waals surface area contributed by atoms with Gasteiger partial charge in [-0.3, -0.25) is 0 Å². The first-order valence-electron chi connectivity index (χ1n) is 5.63. The summed E-state index contributed by atoms with van der Waals surface area (Å²) in [5.41, 5.74) is 2.01. The van der Waals surface area contributed by atoms with Crippen LogP contribution in [0.4, 0.5) is 10.1 Å². The molecule has 0 bridgehead atoms. The summed E-state index contributed by atoms with van der Waals surface area (Å²) in [6, 6.07) is 4.87. The minimum Gasteiger partial charge on any atom is -0.384 e. The zero-order chi connectivity index (χ0) is 11.3. The largest absolute Gasteiger partial charge is 0.384 e. The van der Waals surface area contributed by atoms with Crippen LogP contribution in [0.15, 0.2) is 18.2 Å². The number of anilines is 1. The van der Waals surface area contributed by atoms with E-state index in [0.29, 0.717) is 5.92 Å². The van der Waals surface area contributed by atoms with E-state index in [2.05, 4.69) is 19.2 Å². The molecule has 0 heterocycles. The van der Waals surface area contributed by atoms with Gasteiger partial charge in [0.2, 0.25) is 0 Å². The van der Waals surface area contributed by atoms with Crippen LogP contribution in [-0.4, -0.2) is 6.54 Å². The molecule has 0 amide bonds. The summed E-state index contributed by atoms with van der Waals surface area (Å²) in [7, 11) is 0. The van der Waals surface area contributed by atoms with Crippen LogP contribution in [0.3, 0.4) is 0 Å². The lowest BCUT2D eigenvalue weighted by Crippen LogP contribution is -2.11. The van der Waals surface area contributed by atoms with Crippen molar-refractivity contribution in [2.24, 2.45) is 5.92 Å². The highest BCUT2D eigenvalue weighted by Gasteiger charge is 2.03. The van der Waals surface area contributed by atoms with Gasteiger partial charge in [0.1, 0.15) is 5.82 Å². The van der Waals surface area contributed by atoms with E-state index in [1.54, 1.807) is 6.07 Å². The van der Waals surface area contributed by atoms with Crippen molar-refractivity contribution in [1.29, 1.82) is 0 Å². The molecule has 1 aromatic rings. The van der Waals surface area contributed by atoms with Gasteiger partial charge in [0.25, 0.3) is 0 Å². The molecule has 15 heavy (non-hydrogen) atoms. The Bertz CT molecular complexity index is 309. The molecular weight excluding hydrogens is 189 g/mol. The normalized spacial score (nSPS) is 12.5. The molecule has 1 atom stereocenters. The third-order valence-corrected chi connectivity index (χ3v) is 2.62. The number of nitrogens with one attached hydrogen (secondary N) is 1. The number of hydrogen-bond acceptors (Lipinski definition) is 1. The maximum atomic E-state index is 13.0. The van der Waals surface area contributed by atoms with Gasteiger partial charge >= 0.3 is 0 Å². The van der Waals surface area contributed by atoms with Crippen molar-refractivity contribution in [2.75, 3.05) is 11.9 Å². The maximum absolute atomic E-state index is 13.0. The van der Waals surface area contributed by atoms with E-state index < -0.39 is 0 Å². The van der Waals surface area contributed by atoms with E-state index in [9.17, 15) is 4.39 Å². The molecule has 1 nitrogen and oxygen atoms in total. The van der Waals surface area contributed by atoms with E-state index in [0.717, 1.165) is 17.8 Å². The molecule has 0 aromatic heterocycles. The van der Waals surface area contributed by atoms with Crippen LogP contribution in [0.5, 0.6) is 0 Å². The van der Waals surface area contributed by atoms with Crippen LogP contribution in [-0.2, 0) is 0 Å². The summed E-state index contributed by atoms with van der Waals surface area (Å²) in [5, 5.41) is 3.30. The second-order valence-electron chi connectivity index (χ2n) is 4.23. The van der Waals surface area contributed by atoms with Crippen molar-refractivity contribution < 1.29 is 4.39 Å². The lowest BCUT2D eigenvalue weighted by Gasteiger charge is -2.14. The van der Waals surface area contributed by atoms with E-state index in [-0.39, 0.29) is 5.82 Å². The zero-order valence-electron chi connectivity index (χ0n) is 9.81. The topological polar surface area (TPSA) is 12.0 Å². The van der Waals surface area contributed by atoms with E-state index >= 15 is 0 Å². The van der Waals surface area contributed by atoms with Gasteiger partial charge in [0.15, 0.2) is 0 Å². The number of rotatable bonds is 5. The van der Waals surface area contributed by atoms with Gasteiger partial charge in [0.05, 0.1) is 0 Å². The first-order valence-corrected chi connectivity index (χ1v) is 5.63. The van der Waals surface area contributed by atoms with Crippen molar-refractivity contribution >= 4 is 5.69 Å². The minimum absolute atomic E-state index is 0.175. The summed E-state index contributed by atoms with van der Waals surface area (Å²) in [6.45, 7) is 7.31.